The highest BCUT2D eigenvalue weighted by Crippen LogP contribution is 2.39. The molecule has 1 heterocycles. The van der Waals surface area contributed by atoms with Crippen molar-refractivity contribution in [3.8, 4) is 11.5 Å². The number of nitrogens with one attached hydrogen (secondary N) is 2. The first-order valence-corrected chi connectivity index (χ1v) is 8.99. The van der Waals surface area contributed by atoms with Crippen molar-refractivity contribution in [3.63, 3.8) is 0 Å². The normalized spacial score (nSPS) is 18.5. The molecule has 134 valence electrons. The Labute approximate surface area is 150 Å². The average molecular weight is 352 g/mol. The van der Waals surface area contributed by atoms with E-state index in [1.807, 2.05) is 6.92 Å². The number of rotatable bonds is 6. The Hall–Kier alpha value is -1.53. The van der Waals surface area contributed by atoms with Crippen molar-refractivity contribution in [2.24, 2.45) is 0 Å². The molecule has 24 heavy (non-hydrogen) atoms. The van der Waals surface area contributed by atoms with Crippen LogP contribution in [0.1, 0.15) is 37.9 Å². The molecule has 0 saturated carbocycles. The molecule has 1 aliphatic rings. The Bertz CT molecular complexity index is 580. The van der Waals surface area contributed by atoms with E-state index in [-0.39, 0.29) is 12.1 Å². The smallest absolute Gasteiger partial charge is 0.166 e. The lowest BCUT2D eigenvalue weighted by Gasteiger charge is -2.41. The van der Waals surface area contributed by atoms with E-state index in [9.17, 15) is 0 Å². The van der Waals surface area contributed by atoms with Crippen LogP contribution in [0.15, 0.2) is 12.1 Å². The van der Waals surface area contributed by atoms with Crippen LogP contribution in [0.4, 0.5) is 0 Å². The largest absolute Gasteiger partial charge is 0.493 e. The molecule has 2 rings (SSSR count). The molecule has 1 aromatic rings. The fraction of sp³-hybridized carbons (Fsp3) is 0.611. The number of ether oxygens (including phenoxy) is 2. The van der Waals surface area contributed by atoms with Crippen molar-refractivity contribution in [2.75, 3.05) is 33.9 Å². The molecule has 0 unspecified atom stereocenters. The Balaban J connectivity index is 2.37. The zero-order chi connectivity index (χ0) is 17.7. The molecule has 5 nitrogen and oxygen atoms in total. The Morgan fingerprint density at radius 2 is 1.96 bits per heavy atom. The van der Waals surface area contributed by atoms with E-state index in [0.29, 0.717) is 5.11 Å². The summed E-state index contributed by atoms with van der Waals surface area (Å²) in [5.74, 6) is 1.57. The highest BCUT2D eigenvalue weighted by atomic mass is 32.1. The second kappa shape index (κ2) is 8.53. The first-order chi connectivity index (χ1) is 11.5. The predicted octanol–water partition coefficient (Wildman–Crippen LogP) is 2.50. The standard InChI is InChI=1S/C18H29N3O2S/c1-6-19-18(24)20-12(3)17-14-11-16(23-5)15(22-4)10-13(14)8-9-21(17)7-2/h10-12,17H,6-9H2,1-5H3,(H2,19,20,24)/t12-,17+/m0/s1. The monoisotopic (exact) mass is 351 g/mol. The van der Waals surface area contributed by atoms with Gasteiger partial charge in [0.25, 0.3) is 0 Å². The fourth-order valence-electron chi connectivity index (χ4n) is 3.47. The van der Waals surface area contributed by atoms with Crippen LogP contribution in [-0.2, 0) is 6.42 Å². The molecule has 0 aliphatic carbocycles. The molecule has 2 N–H and O–H groups in total. The third-order valence-electron chi connectivity index (χ3n) is 4.60. The average Bonchev–Trinajstić information content (AvgIpc) is 2.59. The van der Waals surface area contributed by atoms with Crippen molar-refractivity contribution in [2.45, 2.75) is 39.3 Å². The summed E-state index contributed by atoms with van der Waals surface area (Å²) in [7, 11) is 3.36. The van der Waals surface area contributed by atoms with Gasteiger partial charge in [0, 0.05) is 19.1 Å². The van der Waals surface area contributed by atoms with Gasteiger partial charge in [-0.05, 0) is 62.3 Å². The van der Waals surface area contributed by atoms with Crippen LogP contribution < -0.4 is 20.1 Å². The number of nitrogens with zero attached hydrogens (tertiary/aromatic N) is 1. The summed E-state index contributed by atoms with van der Waals surface area (Å²) in [5.41, 5.74) is 2.62. The van der Waals surface area contributed by atoms with Crippen LogP contribution in [0, 0.1) is 0 Å². The summed E-state index contributed by atoms with van der Waals surface area (Å²) in [5, 5.41) is 7.30. The van der Waals surface area contributed by atoms with Gasteiger partial charge in [0.15, 0.2) is 16.6 Å². The SMILES string of the molecule is CCNC(=S)N[C@@H](C)[C@@H]1c2cc(OC)c(OC)cc2CCN1CC. The quantitative estimate of drug-likeness (QED) is 0.768. The van der Waals surface area contributed by atoms with Gasteiger partial charge in [0.2, 0.25) is 0 Å². The highest BCUT2D eigenvalue weighted by Gasteiger charge is 2.32. The predicted molar refractivity (Wildman–Crippen MR) is 102 cm³/mol. The molecule has 0 bridgehead atoms. The Kier molecular flexibility index (Phi) is 6.69. The van der Waals surface area contributed by atoms with Crippen molar-refractivity contribution in [3.05, 3.63) is 23.3 Å². The number of hydrogen-bond acceptors (Lipinski definition) is 4. The van der Waals surface area contributed by atoms with Crippen LogP contribution in [0.25, 0.3) is 0 Å². The van der Waals surface area contributed by atoms with Crippen LogP contribution in [0.2, 0.25) is 0 Å². The maximum absolute atomic E-state index is 5.52. The van der Waals surface area contributed by atoms with Gasteiger partial charge < -0.3 is 20.1 Å². The van der Waals surface area contributed by atoms with E-state index < -0.39 is 0 Å². The molecule has 0 saturated heterocycles. The van der Waals surface area contributed by atoms with Crippen LogP contribution in [0.3, 0.4) is 0 Å². The first-order valence-electron chi connectivity index (χ1n) is 8.58. The molecule has 0 aromatic heterocycles. The van der Waals surface area contributed by atoms with Gasteiger partial charge in [-0.1, -0.05) is 6.92 Å². The lowest BCUT2D eigenvalue weighted by molar-refractivity contribution is 0.166. The van der Waals surface area contributed by atoms with Crippen molar-refractivity contribution >= 4 is 17.3 Å². The molecule has 1 aliphatic heterocycles. The molecule has 6 heteroatoms. The summed E-state index contributed by atoms with van der Waals surface area (Å²) in [6.07, 6.45) is 1.02. The maximum atomic E-state index is 5.52. The molecule has 0 radical (unpaired) electrons. The molecule has 0 fully saturated rings. The number of fused-ring (bicyclic) bond motifs is 1. The number of methoxy groups -OCH3 is 2. The third-order valence-corrected chi connectivity index (χ3v) is 4.86. The third kappa shape index (κ3) is 3.92. The van der Waals surface area contributed by atoms with Crippen molar-refractivity contribution in [1.82, 2.24) is 15.5 Å². The van der Waals surface area contributed by atoms with Gasteiger partial charge in [0.05, 0.1) is 20.3 Å². The van der Waals surface area contributed by atoms with Gasteiger partial charge in [-0.2, -0.15) is 0 Å². The first kappa shape index (κ1) is 18.8. The summed E-state index contributed by atoms with van der Waals surface area (Å²) in [6, 6.07) is 4.67. The fourth-order valence-corrected chi connectivity index (χ4v) is 3.80. The second-order valence-electron chi connectivity index (χ2n) is 6.02. The van der Waals surface area contributed by atoms with Gasteiger partial charge >= 0.3 is 0 Å². The van der Waals surface area contributed by atoms with Crippen LogP contribution in [-0.4, -0.2) is 49.9 Å². The minimum absolute atomic E-state index is 0.189. The zero-order valence-electron chi connectivity index (χ0n) is 15.3. The molecule has 2 atom stereocenters. The lowest BCUT2D eigenvalue weighted by atomic mass is 9.88. The Morgan fingerprint density at radius 3 is 2.54 bits per heavy atom. The minimum atomic E-state index is 0.189. The zero-order valence-corrected chi connectivity index (χ0v) is 16.1. The molecule has 0 spiro atoms. The molecule has 1 aromatic carbocycles. The number of hydrogen-bond donors (Lipinski definition) is 2. The van der Waals surface area contributed by atoms with Gasteiger partial charge in [-0.25, -0.2) is 0 Å². The minimum Gasteiger partial charge on any atom is -0.493 e. The number of likely N-dealkylation sites (N-methyl/N-ethyl adjacent to an activating group) is 1. The lowest BCUT2D eigenvalue weighted by Crippen LogP contribution is -2.49. The van der Waals surface area contributed by atoms with Gasteiger partial charge in [0.1, 0.15) is 0 Å². The summed E-state index contributed by atoms with van der Waals surface area (Å²) < 4.78 is 11.0. The van der Waals surface area contributed by atoms with E-state index in [4.69, 9.17) is 21.7 Å². The summed E-state index contributed by atoms with van der Waals surface area (Å²) in [4.78, 5) is 2.49. The second-order valence-corrected chi connectivity index (χ2v) is 6.43. The van der Waals surface area contributed by atoms with E-state index in [1.165, 1.54) is 11.1 Å². The molecular weight excluding hydrogens is 322 g/mol. The van der Waals surface area contributed by atoms with Crippen LogP contribution in [0.5, 0.6) is 11.5 Å². The van der Waals surface area contributed by atoms with Crippen molar-refractivity contribution in [1.29, 1.82) is 0 Å². The summed E-state index contributed by atoms with van der Waals surface area (Å²) in [6.45, 7) is 9.28. The Morgan fingerprint density at radius 1 is 1.29 bits per heavy atom. The maximum Gasteiger partial charge on any atom is 0.166 e. The van der Waals surface area contributed by atoms with E-state index in [0.717, 1.165) is 37.6 Å². The summed E-state index contributed by atoms with van der Waals surface area (Å²) >= 11 is 5.38. The molecular formula is C18H29N3O2S. The van der Waals surface area contributed by atoms with Gasteiger partial charge in [-0.15, -0.1) is 0 Å². The highest BCUT2D eigenvalue weighted by molar-refractivity contribution is 7.80. The molecule has 0 amide bonds. The van der Waals surface area contributed by atoms with Gasteiger partial charge in [-0.3, -0.25) is 4.90 Å². The van der Waals surface area contributed by atoms with E-state index in [2.05, 4.69) is 41.5 Å². The number of benzene rings is 1. The van der Waals surface area contributed by atoms with Crippen LogP contribution >= 0.6 is 12.2 Å². The van der Waals surface area contributed by atoms with Crippen molar-refractivity contribution < 1.29 is 9.47 Å². The van der Waals surface area contributed by atoms with E-state index in [1.54, 1.807) is 14.2 Å². The van der Waals surface area contributed by atoms with E-state index >= 15 is 0 Å². The topological polar surface area (TPSA) is 45.8 Å². The number of thiocarbonyl (C=S) groups is 1.